The van der Waals surface area contributed by atoms with Gasteiger partial charge in [0.1, 0.15) is 11.7 Å². The van der Waals surface area contributed by atoms with Gasteiger partial charge in [-0.05, 0) is 18.6 Å². The van der Waals surface area contributed by atoms with Gasteiger partial charge in [0.05, 0.1) is 24.1 Å². The number of hydrogen-bond acceptors (Lipinski definition) is 5. The summed E-state index contributed by atoms with van der Waals surface area (Å²) in [6, 6.07) is 13.3. The summed E-state index contributed by atoms with van der Waals surface area (Å²) in [4.78, 5) is 28.3. The van der Waals surface area contributed by atoms with E-state index in [1.54, 1.807) is 23.2 Å². The van der Waals surface area contributed by atoms with Crippen LogP contribution in [0.25, 0.3) is 10.9 Å². The van der Waals surface area contributed by atoms with E-state index >= 15 is 0 Å². The van der Waals surface area contributed by atoms with Crippen molar-refractivity contribution in [2.75, 3.05) is 26.5 Å². The van der Waals surface area contributed by atoms with Gasteiger partial charge in [0.25, 0.3) is 5.91 Å². The number of nitrogens with zero attached hydrogens (tertiary/aromatic N) is 2. The number of pyridine rings is 1. The Labute approximate surface area is 173 Å². The second-order valence-corrected chi connectivity index (χ2v) is 7.40. The normalized spacial score (nSPS) is 18.0. The molecule has 1 aromatic heterocycles. The first-order valence-corrected chi connectivity index (χ1v) is 10.1. The second-order valence-electron chi connectivity index (χ2n) is 7.40. The van der Waals surface area contributed by atoms with Crippen LogP contribution in [0, 0.1) is 0 Å². The van der Waals surface area contributed by atoms with E-state index in [1.165, 1.54) is 0 Å². The molecule has 0 bridgehead atoms. The van der Waals surface area contributed by atoms with Gasteiger partial charge in [-0.2, -0.15) is 0 Å². The molecule has 1 fully saturated rings. The Morgan fingerprint density at radius 1 is 1.13 bits per heavy atom. The standard InChI is InChI=1S/C23H22N2O5/c1-2-24-12-17(22(26)16-10-19-20(11-18(16)24)30-14-29-19)23(27)25-8-9-28-21(13-25)15-6-4-3-5-7-15/h3-7,10-12,21H,2,8-9,13-14H2,1H3/t21-/m0/s1. The van der Waals surface area contributed by atoms with Gasteiger partial charge in [-0.25, -0.2) is 0 Å². The summed E-state index contributed by atoms with van der Waals surface area (Å²) in [5.41, 5.74) is 1.62. The van der Waals surface area contributed by atoms with Crippen molar-refractivity contribution in [1.29, 1.82) is 0 Å². The highest BCUT2D eigenvalue weighted by Gasteiger charge is 2.28. The van der Waals surface area contributed by atoms with E-state index in [9.17, 15) is 9.59 Å². The molecule has 3 aromatic rings. The van der Waals surface area contributed by atoms with Gasteiger partial charge in [-0.3, -0.25) is 9.59 Å². The summed E-state index contributed by atoms with van der Waals surface area (Å²) in [5, 5.41) is 0.458. The number of ether oxygens (including phenoxy) is 3. The fourth-order valence-corrected chi connectivity index (χ4v) is 4.07. The van der Waals surface area contributed by atoms with Gasteiger partial charge in [0.15, 0.2) is 11.5 Å². The number of aromatic nitrogens is 1. The Morgan fingerprint density at radius 2 is 1.90 bits per heavy atom. The summed E-state index contributed by atoms with van der Waals surface area (Å²) < 4.78 is 18.7. The fourth-order valence-electron chi connectivity index (χ4n) is 4.07. The Kier molecular flexibility index (Phi) is 4.67. The highest BCUT2D eigenvalue weighted by atomic mass is 16.7. The summed E-state index contributed by atoms with van der Waals surface area (Å²) >= 11 is 0. The molecular formula is C23H22N2O5. The number of rotatable bonds is 3. The molecule has 1 atom stereocenters. The van der Waals surface area contributed by atoms with E-state index in [0.717, 1.165) is 11.1 Å². The van der Waals surface area contributed by atoms with Crippen LogP contribution in [0.5, 0.6) is 11.5 Å². The van der Waals surface area contributed by atoms with E-state index in [4.69, 9.17) is 14.2 Å². The maximum Gasteiger partial charge on any atom is 0.259 e. The molecule has 154 valence electrons. The minimum Gasteiger partial charge on any atom is -0.454 e. The maximum absolute atomic E-state index is 13.3. The average molecular weight is 406 g/mol. The zero-order valence-electron chi connectivity index (χ0n) is 16.7. The number of aryl methyl sites for hydroxylation is 1. The average Bonchev–Trinajstić information content (AvgIpc) is 3.26. The van der Waals surface area contributed by atoms with Crippen molar-refractivity contribution < 1.29 is 19.0 Å². The summed E-state index contributed by atoms with van der Waals surface area (Å²) in [5.74, 6) is 0.871. The summed E-state index contributed by atoms with van der Waals surface area (Å²) in [7, 11) is 0. The molecule has 2 aliphatic rings. The van der Waals surface area contributed by atoms with Crippen molar-refractivity contribution in [3.05, 3.63) is 70.0 Å². The van der Waals surface area contributed by atoms with Gasteiger partial charge >= 0.3 is 0 Å². The van der Waals surface area contributed by atoms with Gasteiger partial charge in [0.2, 0.25) is 12.2 Å². The molecule has 1 amide bonds. The first-order valence-electron chi connectivity index (χ1n) is 10.1. The second kappa shape index (κ2) is 7.50. The van der Waals surface area contributed by atoms with Crippen LogP contribution < -0.4 is 14.9 Å². The third-order valence-corrected chi connectivity index (χ3v) is 5.67. The largest absolute Gasteiger partial charge is 0.454 e. The minimum absolute atomic E-state index is 0.131. The van der Waals surface area contributed by atoms with Crippen LogP contribution in [-0.4, -0.2) is 41.9 Å². The number of morpholine rings is 1. The Morgan fingerprint density at radius 3 is 2.67 bits per heavy atom. The summed E-state index contributed by atoms with van der Waals surface area (Å²) in [6.45, 7) is 4.02. The molecule has 1 saturated heterocycles. The van der Waals surface area contributed by atoms with Crippen LogP contribution in [0.3, 0.4) is 0 Å². The van der Waals surface area contributed by atoms with Gasteiger partial charge < -0.3 is 23.7 Å². The predicted octanol–water partition coefficient (Wildman–Crippen LogP) is 2.96. The molecule has 7 heteroatoms. The smallest absolute Gasteiger partial charge is 0.259 e. The zero-order valence-corrected chi connectivity index (χ0v) is 16.7. The molecule has 0 saturated carbocycles. The Bertz CT molecular complexity index is 1170. The van der Waals surface area contributed by atoms with Crippen molar-refractivity contribution in [1.82, 2.24) is 9.47 Å². The van der Waals surface area contributed by atoms with Crippen LogP contribution in [0.15, 0.2) is 53.5 Å². The van der Waals surface area contributed by atoms with Crippen LogP contribution in [-0.2, 0) is 11.3 Å². The monoisotopic (exact) mass is 406 g/mol. The molecule has 2 aliphatic heterocycles. The lowest BCUT2D eigenvalue weighted by Crippen LogP contribution is -2.43. The molecule has 0 radical (unpaired) electrons. The molecular weight excluding hydrogens is 384 g/mol. The number of carbonyl (C=O) groups is 1. The highest BCUT2D eigenvalue weighted by molar-refractivity contribution is 5.98. The molecule has 2 aromatic carbocycles. The highest BCUT2D eigenvalue weighted by Crippen LogP contribution is 2.35. The third kappa shape index (κ3) is 3.11. The topological polar surface area (TPSA) is 70.0 Å². The van der Waals surface area contributed by atoms with E-state index in [2.05, 4.69) is 0 Å². The van der Waals surface area contributed by atoms with E-state index < -0.39 is 0 Å². The van der Waals surface area contributed by atoms with Crippen molar-refractivity contribution in [2.45, 2.75) is 19.6 Å². The predicted molar refractivity (Wildman–Crippen MR) is 111 cm³/mol. The van der Waals surface area contributed by atoms with E-state index in [0.29, 0.717) is 43.1 Å². The molecule has 30 heavy (non-hydrogen) atoms. The molecule has 0 aliphatic carbocycles. The van der Waals surface area contributed by atoms with Crippen LogP contribution >= 0.6 is 0 Å². The van der Waals surface area contributed by atoms with Gasteiger partial charge in [0, 0.05) is 25.4 Å². The van der Waals surface area contributed by atoms with Crippen LogP contribution in [0.1, 0.15) is 28.9 Å². The number of hydrogen-bond donors (Lipinski definition) is 0. The first-order chi connectivity index (χ1) is 14.7. The molecule has 0 spiro atoms. The maximum atomic E-state index is 13.3. The lowest BCUT2D eigenvalue weighted by molar-refractivity contribution is -0.0228. The molecule has 3 heterocycles. The van der Waals surface area contributed by atoms with Crippen LogP contribution in [0.4, 0.5) is 0 Å². The lowest BCUT2D eigenvalue weighted by Gasteiger charge is -2.33. The van der Waals surface area contributed by atoms with Crippen molar-refractivity contribution >= 4 is 16.8 Å². The fraction of sp³-hybridized carbons (Fsp3) is 0.304. The molecule has 7 nitrogen and oxygen atoms in total. The van der Waals surface area contributed by atoms with E-state index in [1.807, 2.05) is 41.8 Å². The number of carbonyl (C=O) groups excluding carboxylic acids is 1. The Hall–Kier alpha value is -3.32. The quantitative estimate of drug-likeness (QED) is 0.669. The molecule has 5 rings (SSSR count). The third-order valence-electron chi connectivity index (χ3n) is 5.67. The zero-order chi connectivity index (χ0) is 20.7. The molecule has 0 N–H and O–H groups in total. The minimum atomic E-state index is -0.291. The first kappa shape index (κ1) is 18.7. The molecule has 0 unspecified atom stereocenters. The number of amides is 1. The van der Waals surface area contributed by atoms with Crippen molar-refractivity contribution in [3.63, 3.8) is 0 Å². The number of benzene rings is 2. The SMILES string of the molecule is CCn1cc(C(=O)N2CCO[C@H](c3ccccc3)C2)c(=O)c2cc3c(cc21)OCO3. The van der Waals surface area contributed by atoms with Gasteiger partial charge in [-0.1, -0.05) is 30.3 Å². The van der Waals surface area contributed by atoms with Crippen molar-refractivity contribution in [3.8, 4) is 11.5 Å². The van der Waals surface area contributed by atoms with Crippen molar-refractivity contribution in [2.24, 2.45) is 0 Å². The lowest BCUT2D eigenvalue weighted by atomic mass is 10.1. The van der Waals surface area contributed by atoms with Gasteiger partial charge in [-0.15, -0.1) is 0 Å². The number of fused-ring (bicyclic) bond motifs is 2. The van der Waals surface area contributed by atoms with Crippen LogP contribution in [0.2, 0.25) is 0 Å². The Balaban J connectivity index is 1.52. The summed E-state index contributed by atoms with van der Waals surface area (Å²) in [6.07, 6.45) is 1.45. The van der Waals surface area contributed by atoms with E-state index in [-0.39, 0.29) is 29.8 Å².